The number of aliphatic hydroxyl groups is 14. The number of ether oxygens (including phenoxy) is 9. The molecule has 0 aliphatic carbocycles. The zero-order valence-electron chi connectivity index (χ0n) is 30.9. The van der Waals surface area contributed by atoms with E-state index in [0.717, 1.165) is 6.92 Å². The van der Waals surface area contributed by atoms with E-state index in [1.54, 1.807) is 0 Å². The summed E-state index contributed by atoms with van der Waals surface area (Å²) in [5, 5.41) is 151. The molecule has 1 amide bonds. The third-order valence-electron chi connectivity index (χ3n) is 10.6. The predicted octanol–water partition coefficient (Wildman–Crippen LogP) is -9.73. The summed E-state index contributed by atoms with van der Waals surface area (Å²) in [5.74, 6) is -0.739. The van der Waals surface area contributed by atoms with Gasteiger partial charge in [0.15, 0.2) is 31.5 Å². The van der Waals surface area contributed by atoms with Crippen molar-refractivity contribution >= 4 is 5.91 Å². The molecule has 0 saturated carbocycles. The van der Waals surface area contributed by atoms with E-state index in [9.17, 15) is 76.3 Å². The summed E-state index contributed by atoms with van der Waals surface area (Å²) in [6.45, 7) is 0.924. The molecule has 0 unspecified atom stereocenters. The fourth-order valence-electron chi connectivity index (χ4n) is 7.27. The van der Waals surface area contributed by atoms with Crippen LogP contribution in [0, 0.1) is 0 Å². The van der Waals surface area contributed by atoms with Gasteiger partial charge in [-0.25, -0.2) is 0 Å². The van der Waals surface area contributed by atoms with Crippen molar-refractivity contribution < 1.29 is 119 Å². The number of carbonyl (C=O) groups is 1. The number of aliphatic hydroxyl groups excluding tert-OH is 14. The molecule has 5 aliphatic heterocycles. The number of amides is 1. The summed E-state index contributed by atoms with van der Waals surface area (Å²) in [4.78, 5) is 12.1. The smallest absolute Gasteiger partial charge is 0.217 e. The van der Waals surface area contributed by atoms with Crippen molar-refractivity contribution in [2.45, 2.75) is 174 Å². The molecule has 5 fully saturated rings. The van der Waals surface area contributed by atoms with Crippen LogP contribution in [0.4, 0.5) is 0 Å². The van der Waals surface area contributed by atoms with Gasteiger partial charge in [-0.2, -0.15) is 0 Å². The third-order valence-corrected chi connectivity index (χ3v) is 10.6. The SMILES string of the molecule is CC(=O)N[C@@H]1[C@@H](O[C@@H]2O[C@H](CO)[C@H](O)[C@H](O[C@@H]3O[C@H](CO)[C@H](O)[C@H](O)[C@H]3O[C@@H]3O[C@@H](C)[C@@H](O)[C@@H](O)[C@@H]3O)[C@H]2O[C@@H]2O[C@@H](C)[C@@H](O)[C@@H](O)[C@@H]2O)[C@@H](O)[C@@H](CO)O[C@@H]1O. The third kappa shape index (κ3) is 9.71. The van der Waals surface area contributed by atoms with Gasteiger partial charge in [0.2, 0.25) is 5.91 Å². The number of carbonyl (C=O) groups excluding carboxylic acids is 1. The molecule has 0 aromatic carbocycles. The first-order valence-corrected chi connectivity index (χ1v) is 18.3. The molecular formula is C32H55NO24. The van der Waals surface area contributed by atoms with Crippen LogP contribution in [0.5, 0.6) is 0 Å². The first kappa shape index (κ1) is 46.6. The Bertz CT molecular complexity index is 1290. The Labute approximate surface area is 324 Å². The van der Waals surface area contributed by atoms with E-state index in [-0.39, 0.29) is 0 Å². The minimum absolute atomic E-state index is 0.739. The first-order chi connectivity index (χ1) is 26.8. The van der Waals surface area contributed by atoms with E-state index in [2.05, 4.69) is 5.32 Å². The van der Waals surface area contributed by atoms with Crippen molar-refractivity contribution in [2.75, 3.05) is 19.8 Å². The second-order valence-electron chi connectivity index (χ2n) is 14.7. The number of hydrogen-bond donors (Lipinski definition) is 15. The Balaban J connectivity index is 1.55. The van der Waals surface area contributed by atoms with E-state index in [0.29, 0.717) is 0 Å². The van der Waals surface area contributed by atoms with Crippen LogP contribution in [0.3, 0.4) is 0 Å². The normalized spacial score (nSPS) is 52.3. The van der Waals surface area contributed by atoms with Gasteiger partial charge in [-0.1, -0.05) is 0 Å². The highest BCUT2D eigenvalue weighted by Crippen LogP contribution is 2.37. The quantitative estimate of drug-likeness (QED) is 0.0867. The van der Waals surface area contributed by atoms with Gasteiger partial charge in [0.25, 0.3) is 0 Å². The summed E-state index contributed by atoms with van der Waals surface area (Å²) in [5.41, 5.74) is 0. The van der Waals surface area contributed by atoms with Crippen LogP contribution in [0.2, 0.25) is 0 Å². The number of hydrogen-bond acceptors (Lipinski definition) is 24. The van der Waals surface area contributed by atoms with Crippen LogP contribution >= 0.6 is 0 Å². The van der Waals surface area contributed by atoms with Gasteiger partial charge in [-0.3, -0.25) is 4.79 Å². The second-order valence-corrected chi connectivity index (χ2v) is 14.7. The molecule has 0 aromatic heterocycles. The van der Waals surface area contributed by atoms with Crippen LogP contribution in [-0.2, 0) is 47.4 Å². The highest BCUT2D eigenvalue weighted by molar-refractivity contribution is 5.73. The maximum absolute atomic E-state index is 12.1. The van der Waals surface area contributed by atoms with E-state index < -0.39 is 179 Å². The molecule has 0 spiro atoms. The molecule has 15 N–H and O–H groups in total. The fraction of sp³-hybridized carbons (Fsp3) is 0.969. The molecule has 0 radical (unpaired) electrons. The van der Waals surface area contributed by atoms with E-state index >= 15 is 0 Å². The van der Waals surface area contributed by atoms with Crippen molar-refractivity contribution in [1.82, 2.24) is 5.32 Å². The fourth-order valence-corrected chi connectivity index (χ4v) is 7.27. The van der Waals surface area contributed by atoms with Crippen molar-refractivity contribution in [2.24, 2.45) is 0 Å². The highest BCUT2D eigenvalue weighted by atomic mass is 16.8. The van der Waals surface area contributed by atoms with Crippen LogP contribution < -0.4 is 5.32 Å². The van der Waals surface area contributed by atoms with Crippen molar-refractivity contribution in [3.63, 3.8) is 0 Å². The molecule has 25 nitrogen and oxygen atoms in total. The molecule has 5 saturated heterocycles. The average Bonchev–Trinajstić information content (AvgIpc) is 3.17. The summed E-state index contributed by atoms with van der Waals surface area (Å²) in [6, 6.07) is -1.59. The van der Waals surface area contributed by atoms with Crippen LogP contribution in [0.1, 0.15) is 20.8 Å². The van der Waals surface area contributed by atoms with Gasteiger partial charge in [0.1, 0.15) is 110 Å². The summed E-state index contributed by atoms with van der Waals surface area (Å²) >= 11 is 0. The lowest BCUT2D eigenvalue weighted by Crippen LogP contribution is -2.70. The van der Waals surface area contributed by atoms with E-state index in [4.69, 9.17) is 42.6 Å². The van der Waals surface area contributed by atoms with Gasteiger partial charge in [0, 0.05) is 6.92 Å². The Morgan fingerprint density at radius 3 is 1.35 bits per heavy atom. The maximum atomic E-state index is 12.1. The molecular weight excluding hydrogens is 782 g/mol. The average molecular weight is 838 g/mol. The molecule has 0 bridgehead atoms. The number of rotatable bonds is 12. The second kappa shape index (κ2) is 19.5. The van der Waals surface area contributed by atoms with Crippen molar-refractivity contribution in [3.05, 3.63) is 0 Å². The summed E-state index contributed by atoms with van der Waals surface area (Å²) in [6.07, 6.45) is -43.1. The molecule has 25 heteroatoms. The summed E-state index contributed by atoms with van der Waals surface area (Å²) < 4.78 is 51.9. The van der Waals surface area contributed by atoms with Crippen LogP contribution in [0.15, 0.2) is 0 Å². The minimum Gasteiger partial charge on any atom is -0.394 e. The van der Waals surface area contributed by atoms with Gasteiger partial charge in [-0.15, -0.1) is 0 Å². The largest absolute Gasteiger partial charge is 0.394 e. The van der Waals surface area contributed by atoms with Gasteiger partial charge >= 0.3 is 0 Å². The lowest BCUT2D eigenvalue weighted by molar-refractivity contribution is -0.409. The summed E-state index contributed by atoms with van der Waals surface area (Å²) in [7, 11) is 0. The molecule has 5 heterocycles. The molecule has 25 atom stereocenters. The Kier molecular flexibility index (Phi) is 16.0. The molecule has 5 aliphatic rings. The molecule has 332 valence electrons. The molecule has 5 rings (SSSR count). The van der Waals surface area contributed by atoms with Crippen LogP contribution in [0.25, 0.3) is 0 Å². The lowest BCUT2D eigenvalue weighted by Gasteiger charge is -2.51. The Hall–Kier alpha value is -1.45. The van der Waals surface area contributed by atoms with Gasteiger partial charge in [0.05, 0.1) is 32.0 Å². The lowest BCUT2D eigenvalue weighted by atomic mass is 9.94. The van der Waals surface area contributed by atoms with Gasteiger partial charge in [-0.05, 0) is 13.8 Å². The van der Waals surface area contributed by atoms with Crippen molar-refractivity contribution in [3.8, 4) is 0 Å². The van der Waals surface area contributed by atoms with Crippen molar-refractivity contribution in [1.29, 1.82) is 0 Å². The van der Waals surface area contributed by atoms with E-state index in [1.807, 2.05) is 0 Å². The molecule has 57 heavy (non-hydrogen) atoms. The van der Waals surface area contributed by atoms with Crippen LogP contribution in [-0.4, -0.2) is 251 Å². The first-order valence-electron chi connectivity index (χ1n) is 18.3. The molecule has 0 aromatic rings. The Morgan fingerprint density at radius 1 is 0.456 bits per heavy atom. The zero-order chi connectivity index (χ0) is 42.2. The maximum Gasteiger partial charge on any atom is 0.217 e. The standard InChI is InChI=1S/C32H55NO24/c1-7-14(38)19(43)22(46)29(49-7)56-26-21(45)16(40)10(4-34)52-31(26)55-25-18(42)12(6-36)53-32(27(25)57-30-23(47)20(44)15(39)8(2)50-30)54-24-13(33-9(3)37)28(48)51-11(5-35)17(24)41/h7-8,10-32,34-36,38-48H,4-6H2,1-3H3,(H,33,37)/t7-,8-,10+,11+,12+,13+,14+,15+,16-,17-,18-,19+,20+,21-,22-,23-,24+,25-,26+,27+,28-,29-,30-,31-,32-/m0/s1. The highest BCUT2D eigenvalue weighted by Gasteiger charge is 2.58. The predicted molar refractivity (Wildman–Crippen MR) is 175 cm³/mol. The zero-order valence-corrected chi connectivity index (χ0v) is 30.9. The van der Waals surface area contributed by atoms with Gasteiger partial charge < -0.3 is 119 Å². The Morgan fingerprint density at radius 2 is 0.860 bits per heavy atom. The minimum atomic E-state index is -2.04. The number of nitrogens with one attached hydrogen (secondary N) is 1. The monoisotopic (exact) mass is 837 g/mol. The van der Waals surface area contributed by atoms with E-state index in [1.165, 1.54) is 13.8 Å². The topological polar surface area (TPSA) is 395 Å².